The van der Waals surface area contributed by atoms with E-state index < -0.39 is 34.7 Å². The van der Waals surface area contributed by atoms with Gasteiger partial charge in [-0.15, -0.1) is 0 Å². The van der Waals surface area contributed by atoms with Gasteiger partial charge in [-0.1, -0.05) is 49.7 Å². The number of methoxy groups -OCH3 is 1. The summed E-state index contributed by atoms with van der Waals surface area (Å²) in [6.45, 7) is 9.95. The minimum atomic E-state index is -0.737. The Morgan fingerprint density at radius 3 is 2.29 bits per heavy atom. The maximum atomic E-state index is 13.9. The van der Waals surface area contributed by atoms with Gasteiger partial charge >= 0.3 is 12.1 Å². The molecule has 0 N–H and O–H groups in total. The molecule has 2 aromatic carbocycles. The highest BCUT2D eigenvalue weighted by molar-refractivity contribution is 6.32. The Balaban J connectivity index is 1.75. The molecule has 9 heteroatoms. The average Bonchev–Trinajstić information content (AvgIpc) is 2.84. The molecular formula is C29H34ClF2NO5. The number of hydrogen-bond donors (Lipinski definition) is 0. The van der Waals surface area contributed by atoms with Crippen molar-refractivity contribution >= 4 is 29.2 Å². The summed E-state index contributed by atoms with van der Waals surface area (Å²) >= 11 is 5.80. The maximum absolute atomic E-state index is 13.9. The summed E-state index contributed by atoms with van der Waals surface area (Å²) in [7, 11) is 1.32. The summed E-state index contributed by atoms with van der Waals surface area (Å²) < 4.78 is 43.4. The van der Waals surface area contributed by atoms with E-state index in [1.165, 1.54) is 12.0 Å². The summed E-state index contributed by atoms with van der Waals surface area (Å²) in [5.41, 5.74) is 1.87. The fourth-order valence-electron chi connectivity index (χ4n) is 4.53. The summed E-state index contributed by atoms with van der Waals surface area (Å²) in [4.78, 5) is 27.1. The van der Waals surface area contributed by atoms with Gasteiger partial charge in [0.05, 0.1) is 25.8 Å². The van der Waals surface area contributed by atoms with Crippen LogP contribution in [0.3, 0.4) is 0 Å². The lowest BCUT2D eigenvalue weighted by Gasteiger charge is -2.41. The van der Waals surface area contributed by atoms with E-state index in [9.17, 15) is 18.4 Å². The molecule has 1 aliphatic heterocycles. The Kier molecular flexibility index (Phi) is 9.08. The molecule has 0 aromatic heterocycles. The second kappa shape index (κ2) is 11.7. The van der Waals surface area contributed by atoms with Crippen molar-refractivity contribution in [2.45, 2.75) is 53.1 Å². The van der Waals surface area contributed by atoms with Gasteiger partial charge in [-0.25, -0.2) is 18.4 Å². The Hall–Kier alpha value is -3.13. The van der Waals surface area contributed by atoms with Crippen molar-refractivity contribution in [3.8, 4) is 5.75 Å². The first-order chi connectivity index (χ1) is 17.7. The first-order valence-electron chi connectivity index (χ1n) is 12.4. The molecule has 0 unspecified atom stereocenters. The predicted molar refractivity (Wildman–Crippen MR) is 142 cm³/mol. The Labute approximate surface area is 227 Å². The van der Waals surface area contributed by atoms with E-state index >= 15 is 0 Å². The van der Waals surface area contributed by atoms with Crippen LogP contribution in [0, 0.1) is 17.0 Å². The number of esters is 1. The number of carbonyl (C=O) groups excluding carboxylic acids is 2. The molecule has 38 heavy (non-hydrogen) atoms. The third-order valence-corrected chi connectivity index (χ3v) is 6.45. The lowest BCUT2D eigenvalue weighted by Crippen LogP contribution is -2.47. The molecule has 0 atom stereocenters. The maximum Gasteiger partial charge on any atom is 0.410 e. The quantitative estimate of drug-likeness (QED) is 0.215. The van der Waals surface area contributed by atoms with Gasteiger partial charge in [0.2, 0.25) is 0 Å². The number of halogens is 3. The van der Waals surface area contributed by atoms with Crippen LogP contribution in [-0.2, 0) is 20.7 Å². The van der Waals surface area contributed by atoms with Crippen molar-refractivity contribution in [3.05, 3.63) is 69.8 Å². The second-order valence-electron chi connectivity index (χ2n) is 10.9. The molecule has 0 spiro atoms. The molecule has 0 aliphatic carbocycles. The SMILES string of the molecule is COC(=O)C1=C(c2ccc(CCCOc3c(F)ccc(F)c3Cl)cc2)C(C)(C)CN(C(=O)OC(C)(C)C)C1. The van der Waals surface area contributed by atoms with Crippen molar-refractivity contribution in [2.24, 2.45) is 5.41 Å². The van der Waals surface area contributed by atoms with Crippen LogP contribution in [0.15, 0.2) is 42.0 Å². The fourth-order valence-corrected chi connectivity index (χ4v) is 4.74. The zero-order valence-corrected chi connectivity index (χ0v) is 23.4. The van der Waals surface area contributed by atoms with Gasteiger partial charge in [0.1, 0.15) is 16.4 Å². The predicted octanol–water partition coefficient (Wildman–Crippen LogP) is 6.83. The molecule has 0 fully saturated rings. The Bertz CT molecular complexity index is 1220. The molecule has 0 bridgehead atoms. The van der Waals surface area contributed by atoms with Crippen LogP contribution >= 0.6 is 11.6 Å². The van der Waals surface area contributed by atoms with Crippen molar-refractivity contribution in [1.82, 2.24) is 4.90 Å². The zero-order chi connectivity index (χ0) is 28.3. The van der Waals surface area contributed by atoms with Crippen molar-refractivity contribution in [2.75, 3.05) is 26.8 Å². The molecular weight excluding hydrogens is 516 g/mol. The van der Waals surface area contributed by atoms with Gasteiger partial charge < -0.3 is 19.1 Å². The van der Waals surface area contributed by atoms with E-state index in [0.717, 1.165) is 28.8 Å². The molecule has 0 saturated heterocycles. The van der Waals surface area contributed by atoms with Crippen LogP contribution in [0.1, 0.15) is 52.2 Å². The third kappa shape index (κ3) is 7.04. The van der Waals surface area contributed by atoms with Crippen LogP contribution < -0.4 is 4.74 Å². The van der Waals surface area contributed by atoms with E-state index in [1.54, 1.807) is 20.8 Å². The number of ether oxygens (including phenoxy) is 3. The molecule has 3 rings (SSSR count). The van der Waals surface area contributed by atoms with Gasteiger partial charge in [0, 0.05) is 12.0 Å². The number of amides is 1. The summed E-state index contributed by atoms with van der Waals surface area (Å²) in [5, 5.41) is -0.371. The Morgan fingerprint density at radius 2 is 1.68 bits per heavy atom. The van der Waals surface area contributed by atoms with Crippen LogP contribution in [-0.4, -0.2) is 49.4 Å². The number of nitrogens with zero attached hydrogens (tertiary/aromatic N) is 1. The number of aryl methyl sites for hydroxylation is 1. The number of hydrogen-bond acceptors (Lipinski definition) is 5. The van der Waals surface area contributed by atoms with Crippen LogP contribution in [0.4, 0.5) is 13.6 Å². The second-order valence-corrected chi connectivity index (χ2v) is 11.3. The minimum absolute atomic E-state index is 0.0820. The minimum Gasteiger partial charge on any atom is -0.489 e. The van der Waals surface area contributed by atoms with Gasteiger partial charge in [0.15, 0.2) is 11.6 Å². The van der Waals surface area contributed by atoms with E-state index in [4.69, 9.17) is 25.8 Å². The lowest BCUT2D eigenvalue weighted by molar-refractivity contribution is -0.136. The fraction of sp³-hybridized carbons (Fsp3) is 0.448. The highest BCUT2D eigenvalue weighted by Crippen LogP contribution is 2.42. The zero-order valence-electron chi connectivity index (χ0n) is 22.6. The smallest absolute Gasteiger partial charge is 0.410 e. The van der Waals surface area contributed by atoms with Crippen molar-refractivity contribution in [1.29, 1.82) is 0 Å². The standard InChI is InChI=1S/C29H34ClF2NO5/c1-28(2,3)38-27(35)33-16-20(26(34)36-6)23(29(4,5)17-33)19-11-9-18(10-12-19)8-7-15-37-25-22(32)14-13-21(31)24(25)30/h9-14H,7-8,15-17H2,1-6H3. The third-order valence-electron chi connectivity index (χ3n) is 6.10. The van der Waals surface area contributed by atoms with Crippen molar-refractivity contribution < 1.29 is 32.6 Å². The monoisotopic (exact) mass is 549 g/mol. The largest absolute Gasteiger partial charge is 0.489 e. The number of rotatable bonds is 7. The molecule has 6 nitrogen and oxygen atoms in total. The van der Waals surface area contributed by atoms with E-state index in [0.29, 0.717) is 25.0 Å². The normalized spacial score (nSPS) is 15.3. The van der Waals surface area contributed by atoms with Gasteiger partial charge in [-0.2, -0.15) is 0 Å². The number of carbonyl (C=O) groups is 2. The van der Waals surface area contributed by atoms with E-state index in [1.807, 2.05) is 38.1 Å². The highest BCUT2D eigenvalue weighted by atomic mass is 35.5. The molecule has 0 radical (unpaired) electrons. The van der Waals surface area contributed by atoms with Crippen LogP contribution in [0.25, 0.3) is 5.57 Å². The summed E-state index contributed by atoms with van der Waals surface area (Å²) in [6.07, 6.45) is 0.703. The summed E-state index contributed by atoms with van der Waals surface area (Å²) in [5.74, 6) is -2.23. The van der Waals surface area contributed by atoms with E-state index in [-0.39, 0.29) is 23.9 Å². The topological polar surface area (TPSA) is 65.1 Å². The van der Waals surface area contributed by atoms with Crippen LogP contribution in [0.5, 0.6) is 5.75 Å². The van der Waals surface area contributed by atoms with Gasteiger partial charge in [0.25, 0.3) is 0 Å². The first kappa shape index (κ1) is 29.4. The summed E-state index contributed by atoms with van der Waals surface area (Å²) in [6, 6.07) is 9.69. The molecule has 2 aromatic rings. The lowest BCUT2D eigenvalue weighted by atomic mass is 9.74. The molecule has 1 amide bonds. The average molecular weight is 550 g/mol. The molecule has 1 aliphatic rings. The van der Waals surface area contributed by atoms with E-state index in [2.05, 4.69) is 0 Å². The Morgan fingerprint density at radius 1 is 1.05 bits per heavy atom. The molecule has 0 saturated carbocycles. The van der Waals surface area contributed by atoms with Crippen molar-refractivity contribution in [3.63, 3.8) is 0 Å². The van der Waals surface area contributed by atoms with Gasteiger partial charge in [-0.3, -0.25) is 0 Å². The molecule has 206 valence electrons. The highest BCUT2D eigenvalue weighted by Gasteiger charge is 2.40. The van der Waals surface area contributed by atoms with Crippen LogP contribution in [0.2, 0.25) is 5.02 Å². The number of benzene rings is 2. The molecule has 1 heterocycles. The van der Waals surface area contributed by atoms with Gasteiger partial charge in [-0.05, 0) is 62.4 Å². The first-order valence-corrected chi connectivity index (χ1v) is 12.8.